The number of rotatable bonds is 11. The Morgan fingerprint density at radius 1 is 1.03 bits per heavy atom. The van der Waals surface area contributed by atoms with E-state index >= 15 is 0 Å². The van der Waals surface area contributed by atoms with Crippen molar-refractivity contribution in [3.8, 4) is 0 Å². The number of benzene rings is 2. The van der Waals surface area contributed by atoms with Crippen LogP contribution >= 0.6 is 0 Å². The van der Waals surface area contributed by atoms with Gasteiger partial charge in [-0.1, -0.05) is 51.1 Å². The molecule has 2 aromatic rings. The van der Waals surface area contributed by atoms with Gasteiger partial charge in [-0.15, -0.1) is 0 Å². The molecule has 0 spiro atoms. The predicted octanol–water partition coefficient (Wildman–Crippen LogP) is 4.57. The SMILES string of the molecule is CCN(CC)CCNC(=O)c1cc(NC(=O)CCc2ccccc2)ccc1N1CCC(C)CC1. The predicted molar refractivity (Wildman–Crippen MR) is 141 cm³/mol. The number of anilines is 2. The number of amides is 2. The Morgan fingerprint density at radius 3 is 2.41 bits per heavy atom. The summed E-state index contributed by atoms with van der Waals surface area (Å²) in [6, 6.07) is 15.7. The van der Waals surface area contributed by atoms with Gasteiger partial charge in [-0.2, -0.15) is 0 Å². The van der Waals surface area contributed by atoms with Crippen LogP contribution in [0, 0.1) is 5.92 Å². The van der Waals surface area contributed by atoms with Crippen molar-refractivity contribution < 1.29 is 9.59 Å². The number of nitrogens with one attached hydrogen (secondary N) is 2. The van der Waals surface area contributed by atoms with E-state index in [0.29, 0.717) is 36.6 Å². The smallest absolute Gasteiger partial charge is 0.253 e. The fourth-order valence-electron chi connectivity index (χ4n) is 4.41. The zero-order valence-corrected chi connectivity index (χ0v) is 21.0. The average molecular weight is 465 g/mol. The van der Waals surface area contributed by atoms with Crippen LogP contribution in [0.3, 0.4) is 0 Å². The number of carbonyl (C=O) groups excluding carboxylic acids is 2. The molecule has 0 aliphatic carbocycles. The molecule has 2 aromatic carbocycles. The van der Waals surface area contributed by atoms with Gasteiger partial charge in [-0.05, 0) is 62.0 Å². The van der Waals surface area contributed by atoms with Gasteiger partial charge < -0.3 is 20.4 Å². The van der Waals surface area contributed by atoms with Gasteiger partial charge in [-0.25, -0.2) is 0 Å². The summed E-state index contributed by atoms with van der Waals surface area (Å²) in [5.41, 5.74) is 3.39. The summed E-state index contributed by atoms with van der Waals surface area (Å²) in [6.07, 6.45) is 3.35. The third-order valence-electron chi connectivity index (χ3n) is 6.74. The number of likely N-dealkylation sites (N-methyl/N-ethyl adjacent to an activating group) is 1. The molecule has 0 atom stereocenters. The van der Waals surface area contributed by atoms with E-state index in [2.05, 4.69) is 41.2 Å². The van der Waals surface area contributed by atoms with Gasteiger partial charge in [0, 0.05) is 44.0 Å². The summed E-state index contributed by atoms with van der Waals surface area (Å²) in [5.74, 6) is 0.586. The molecular formula is C28H40N4O2. The van der Waals surface area contributed by atoms with Crippen molar-refractivity contribution in [2.45, 2.75) is 46.5 Å². The minimum absolute atomic E-state index is 0.0451. The summed E-state index contributed by atoms with van der Waals surface area (Å²) >= 11 is 0. The van der Waals surface area contributed by atoms with E-state index in [0.717, 1.165) is 56.8 Å². The molecule has 6 nitrogen and oxygen atoms in total. The average Bonchev–Trinajstić information content (AvgIpc) is 2.86. The zero-order chi connectivity index (χ0) is 24.3. The second-order valence-electron chi connectivity index (χ2n) is 9.22. The summed E-state index contributed by atoms with van der Waals surface area (Å²) in [7, 11) is 0. The van der Waals surface area contributed by atoms with E-state index in [1.54, 1.807) is 0 Å². The summed E-state index contributed by atoms with van der Waals surface area (Å²) in [6.45, 7) is 11.8. The molecule has 0 aromatic heterocycles. The van der Waals surface area contributed by atoms with Crippen molar-refractivity contribution in [2.24, 2.45) is 5.92 Å². The van der Waals surface area contributed by atoms with Crippen LogP contribution in [-0.2, 0) is 11.2 Å². The Balaban J connectivity index is 1.69. The van der Waals surface area contributed by atoms with Gasteiger partial charge in [0.1, 0.15) is 0 Å². The quantitative estimate of drug-likeness (QED) is 0.511. The molecule has 34 heavy (non-hydrogen) atoms. The minimum Gasteiger partial charge on any atom is -0.371 e. The molecule has 1 aliphatic heterocycles. The van der Waals surface area contributed by atoms with Crippen LogP contribution in [0.5, 0.6) is 0 Å². The van der Waals surface area contributed by atoms with Crippen molar-refractivity contribution in [3.63, 3.8) is 0 Å². The van der Waals surface area contributed by atoms with Gasteiger partial charge in [0.25, 0.3) is 5.91 Å². The lowest BCUT2D eigenvalue weighted by atomic mass is 9.97. The summed E-state index contributed by atoms with van der Waals surface area (Å²) in [5, 5.41) is 6.09. The van der Waals surface area contributed by atoms with Crippen LogP contribution in [0.1, 0.15) is 56.0 Å². The summed E-state index contributed by atoms with van der Waals surface area (Å²) in [4.78, 5) is 30.4. The highest BCUT2D eigenvalue weighted by molar-refractivity contribution is 6.02. The van der Waals surface area contributed by atoms with Crippen LogP contribution in [0.25, 0.3) is 0 Å². The maximum atomic E-state index is 13.2. The van der Waals surface area contributed by atoms with E-state index in [1.165, 1.54) is 0 Å². The molecule has 184 valence electrons. The Morgan fingerprint density at radius 2 is 1.74 bits per heavy atom. The van der Waals surface area contributed by atoms with Gasteiger partial charge in [0.2, 0.25) is 5.91 Å². The van der Waals surface area contributed by atoms with E-state index < -0.39 is 0 Å². The van der Waals surface area contributed by atoms with Gasteiger partial charge in [0.05, 0.1) is 5.56 Å². The highest BCUT2D eigenvalue weighted by atomic mass is 16.2. The Bertz CT molecular complexity index is 919. The molecule has 6 heteroatoms. The molecule has 2 N–H and O–H groups in total. The van der Waals surface area contributed by atoms with Gasteiger partial charge in [0.15, 0.2) is 0 Å². The number of carbonyl (C=O) groups is 2. The maximum absolute atomic E-state index is 13.2. The lowest BCUT2D eigenvalue weighted by Crippen LogP contribution is -2.37. The fraction of sp³-hybridized carbons (Fsp3) is 0.500. The maximum Gasteiger partial charge on any atom is 0.253 e. The Labute approximate surface area is 204 Å². The molecule has 1 aliphatic rings. The van der Waals surface area contributed by atoms with Crippen molar-refractivity contribution in [1.29, 1.82) is 0 Å². The third-order valence-corrected chi connectivity index (χ3v) is 6.74. The molecule has 0 saturated carbocycles. The largest absolute Gasteiger partial charge is 0.371 e. The highest BCUT2D eigenvalue weighted by Gasteiger charge is 2.22. The first kappa shape index (κ1) is 25.8. The van der Waals surface area contributed by atoms with Crippen molar-refractivity contribution in [2.75, 3.05) is 49.5 Å². The van der Waals surface area contributed by atoms with Crippen molar-refractivity contribution in [1.82, 2.24) is 10.2 Å². The van der Waals surface area contributed by atoms with Gasteiger partial charge in [-0.3, -0.25) is 9.59 Å². The monoisotopic (exact) mass is 464 g/mol. The first-order chi connectivity index (χ1) is 16.5. The second-order valence-corrected chi connectivity index (χ2v) is 9.22. The van der Waals surface area contributed by atoms with Crippen LogP contribution in [0.15, 0.2) is 48.5 Å². The summed E-state index contributed by atoms with van der Waals surface area (Å²) < 4.78 is 0. The lowest BCUT2D eigenvalue weighted by molar-refractivity contribution is -0.116. The Kier molecular flexibility index (Phi) is 9.95. The number of aryl methyl sites for hydroxylation is 1. The second kappa shape index (κ2) is 13.1. The molecule has 1 fully saturated rings. The number of hydrogen-bond donors (Lipinski definition) is 2. The normalized spacial score (nSPS) is 14.3. The molecule has 1 heterocycles. The highest BCUT2D eigenvalue weighted by Crippen LogP contribution is 2.29. The molecule has 2 amide bonds. The van der Waals surface area contributed by atoms with Crippen molar-refractivity contribution in [3.05, 3.63) is 59.7 Å². The third kappa shape index (κ3) is 7.59. The zero-order valence-electron chi connectivity index (χ0n) is 21.0. The van der Waals surface area contributed by atoms with E-state index in [9.17, 15) is 9.59 Å². The number of nitrogens with zero attached hydrogens (tertiary/aromatic N) is 2. The molecule has 0 unspecified atom stereocenters. The fourth-order valence-corrected chi connectivity index (χ4v) is 4.41. The van der Waals surface area contributed by atoms with Crippen LogP contribution in [0.2, 0.25) is 0 Å². The number of piperidine rings is 1. The molecule has 0 bridgehead atoms. The van der Waals surface area contributed by atoms with E-state index in [-0.39, 0.29) is 11.8 Å². The topological polar surface area (TPSA) is 64.7 Å². The molecular weight excluding hydrogens is 424 g/mol. The van der Waals surface area contributed by atoms with E-state index in [4.69, 9.17) is 0 Å². The Hall–Kier alpha value is -2.86. The van der Waals surface area contributed by atoms with Crippen LogP contribution in [0.4, 0.5) is 11.4 Å². The standard InChI is InChI=1S/C28H40N4O2/c1-4-31(5-2)20-17-29-28(34)25-21-24(12-13-26(25)32-18-15-22(3)16-19-32)30-27(33)14-11-23-9-7-6-8-10-23/h6-10,12-13,21-22H,4-5,11,14-20H2,1-3H3,(H,29,34)(H,30,33). The van der Waals surface area contributed by atoms with Gasteiger partial charge >= 0.3 is 0 Å². The number of hydrogen-bond acceptors (Lipinski definition) is 4. The van der Waals surface area contributed by atoms with Crippen LogP contribution in [-0.4, -0.2) is 56.0 Å². The van der Waals surface area contributed by atoms with Crippen LogP contribution < -0.4 is 15.5 Å². The first-order valence-corrected chi connectivity index (χ1v) is 12.7. The minimum atomic E-state index is -0.0823. The lowest BCUT2D eigenvalue weighted by Gasteiger charge is -2.33. The first-order valence-electron chi connectivity index (χ1n) is 12.7. The molecule has 0 radical (unpaired) electrons. The molecule has 1 saturated heterocycles. The van der Waals surface area contributed by atoms with Crippen molar-refractivity contribution >= 4 is 23.2 Å². The van der Waals surface area contributed by atoms with E-state index in [1.807, 2.05) is 48.5 Å². The molecule has 3 rings (SSSR count).